The highest BCUT2D eigenvalue weighted by molar-refractivity contribution is 5.32. The van der Waals surface area contributed by atoms with Gasteiger partial charge in [0.25, 0.3) is 0 Å². The molecule has 1 atom stereocenters. The van der Waals surface area contributed by atoms with Crippen LogP contribution in [0.2, 0.25) is 0 Å². The SMILES string of the molecule is CCC(CC)(CC)c1ccc(OCCN2CCCC(C)C2)cc1. The standard InChI is InChI=1S/C21H35NO/c1-5-21(6-2,7-3)19-10-12-20(13-11-19)23-16-15-22-14-8-9-18(4)17-22/h10-13,18H,5-9,14-17H2,1-4H3. The molecule has 0 spiro atoms. The van der Waals surface area contributed by atoms with Crippen molar-refractivity contribution >= 4 is 0 Å². The Kier molecular flexibility index (Phi) is 6.95. The summed E-state index contributed by atoms with van der Waals surface area (Å²) in [5.41, 5.74) is 1.80. The highest BCUT2D eigenvalue weighted by Crippen LogP contribution is 2.35. The molecule has 1 heterocycles. The third-order valence-corrected chi connectivity index (χ3v) is 5.91. The van der Waals surface area contributed by atoms with Gasteiger partial charge in [-0.25, -0.2) is 0 Å². The molecule has 130 valence electrons. The van der Waals surface area contributed by atoms with Crippen LogP contribution < -0.4 is 4.74 Å². The van der Waals surface area contributed by atoms with Gasteiger partial charge in [0.05, 0.1) is 0 Å². The van der Waals surface area contributed by atoms with Crippen molar-refractivity contribution in [2.24, 2.45) is 5.92 Å². The Morgan fingerprint density at radius 1 is 1.09 bits per heavy atom. The lowest BCUT2D eigenvalue weighted by atomic mass is 9.74. The summed E-state index contributed by atoms with van der Waals surface area (Å²) in [4.78, 5) is 2.54. The van der Waals surface area contributed by atoms with Crippen molar-refractivity contribution in [3.8, 4) is 5.75 Å². The van der Waals surface area contributed by atoms with E-state index in [2.05, 4.69) is 56.9 Å². The van der Waals surface area contributed by atoms with Crippen LogP contribution in [-0.4, -0.2) is 31.1 Å². The third kappa shape index (κ3) is 4.73. The highest BCUT2D eigenvalue weighted by Gasteiger charge is 2.25. The number of benzene rings is 1. The second kappa shape index (κ2) is 8.73. The Balaban J connectivity index is 1.85. The maximum Gasteiger partial charge on any atom is 0.119 e. The molecule has 0 saturated carbocycles. The Morgan fingerprint density at radius 3 is 2.30 bits per heavy atom. The van der Waals surface area contributed by atoms with Crippen molar-refractivity contribution in [3.63, 3.8) is 0 Å². The molecular weight excluding hydrogens is 282 g/mol. The Hall–Kier alpha value is -1.02. The molecule has 1 fully saturated rings. The van der Waals surface area contributed by atoms with E-state index in [1.165, 1.54) is 50.8 Å². The van der Waals surface area contributed by atoms with Crippen LogP contribution >= 0.6 is 0 Å². The van der Waals surface area contributed by atoms with Gasteiger partial charge in [0.1, 0.15) is 12.4 Å². The molecule has 2 rings (SSSR count). The first-order valence-corrected chi connectivity index (χ1v) is 9.59. The molecule has 2 heteroatoms. The van der Waals surface area contributed by atoms with Gasteiger partial charge in [0.15, 0.2) is 0 Å². The molecule has 1 aromatic carbocycles. The second-order valence-corrected chi connectivity index (χ2v) is 7.26. The highest BCUT2D eigenvalue weighted by atomic mass is 16.5. The van der Waals surface area contributed by atoms with Gasteiger partial charge in [-0.15, -0.1) is 0 Å². The van der Waals surface area contributed by atoms with Crippen LogP contribution in [0.25, 0.3) is 0 Å². The third-order valence-electron chi connectivity index (χ3n) is 5.91. The molecule has 0 aliphatic carbocycles. The van der Waals surface area contributed by atoms with E-state index in [0.29, 0.717) is 5.41 Å². The van der Waals surface area contributed by atoms with E-state index < -0.39 is 0 Å². The summed E-state index contributed by atoms with van der Waals surface area (Å²) in [5.74, 6) is 1.85. The molecule has 0 N–H and O–H groups in total. The molecule has 1 aliphatic rings. The van der Waals surface area contributed by atoms with Crippen molar-refractivity contribution in [1.29, 1.82) is 0 Å². The van der Waals surface area contributed by atoms with Gasteiger partial charge < -0.3 is 4.74 Å². The number of piperidine rings is 1. The molecule has 0 aromatic heterocycles. The number of likely N-dealkylation sites (tertiary alicyclic amines) is 1. The van der Waals surface area contributed by atoms with E-state index in [-0.39, 0.29) is 0 Å². The molecule has 1 aromatic rings. The van der Waals surface area contributed by atoms with Crippen LogP contribution in [0.5, 0.6) is 5.75 Å². The quantitative estimate of drug-likeness (QED) is 0.648. The Morgan fingerprint density at radius 2 is 1.74 bits per heavy atom. The lowest BCUT2D eigenvalue weighted by Crippen LogP contribution is -2.37. The van der Waals surface area contributed by atoms with Crippen molar-refractivity contribution < 1.29 is 4.74 Å². The topological polar surface area (TPSA) is 12.5 Å². The van der Waals surface area contributed by atoms with Gasteiger partial charge in [-0.3, -0.25) is 4.90 Å². The van der Waals surface area contributed by atoms with E-state index in [1.807, 2.05) is 0 Å². The minimum absolute atomic E-state index is 0.336. The Labute approximate surface area is 143 Å². The van der Waals surface area contributed by atoms with Crippen LogP contribution in [0.4, 0.5) is 0 Å². The number of hydrogen-bond donors (Lipinski definition) is 0. The Bertz CT molecular complexity index is 441. The van der Waals surface area contributed by atoms with E-state index in [4.69, 9.17) is 4.74 Å². The first kappa shape index (κ1) is 18.3. The lowest BCUT2D eigenvalue weighted by Gasteiger charge is -2.31. The molecule has 23 heavy (non-hydrogen) atoms. The van der Waals surface area contributed by atoms with Crippen LogP contribution in [0.3, 0.4) is 0 Å². The van der Waals surface area contributed by atoms with Gasteiger partial charge in [-0.1, -0.05) is 39.8 Å². The van der Waals surface area contributed by atoms with E-state index >= 15 is 0 Å². The monoisotopic (exact) mass is 317 g/mol. The number of hydrogen-bond acceptors (Lipinski definition) is 2. The van der Waals surface area contributed by atoms with Gasteiger partial charge >= 0.3 is 0 Å². The summed E-state index contributed by atoms with van der Waals surface area (Å²) in [6, 6.07) is 8.86. The molecule has 2 nitrogen and oxygen atoms in total. The molecule has 1 saturated heterocycles. The zero-order chi connectivity index (χ0) is 16.7. The molecule has 0 amide bonds. The zero-order valence-corrected chi connectivity index (χ0v) is 15.6. The first-order chi connectivity index (χ1) is 11.1. The predicted octanol–water partition coefficient (Wildman–Crippen LogP) is 5.27. The van der Waals surface area contributed by atoms with Crippen LogP contribution in [0.15, 0.2) is 24.3 Å². The van der Waals surface area contributed by atoms with Crippen LogP contribution in [-0.2, 0) is 5.41 Å². The summed E-state index contributed by atoms with van der Waals surface area (Å²) in [6.07, 6.45) is 6.32. The summed E-state index contributed by atoms with van der Waals surface area (Å²) in [7, 11) is 0. The average Bonchev–Trinajstić information content (AvgIpc) is 2.58. The fourth-order valence-corrected chi connectivity index (χ4v) is 4.05. The van der Waals surface area contributed by atoms with Crippen molar-refractivity contribution in [3.05, 3.63) is 29.8 Å². The lowest BCUT2D eigenvalue weighted by molar-refractivity contribution is 0.153. The molecule has 1 unspecified atom stereocenters. The van der Waals surface area contributed by atoms with Gasteiger partial charge in [0.2, 0.25) is 0 Å². The second-order valence-electron chi connectivity index (χ2n) is 7.26. The predicted molar refractivity (Wildman–Crippen MR) is 99.3 cm³/mol. The fourth-order valence-electron chi connectivity index (χ4n) is 4.05. The minimum Gasteiger partial charge on any atom is -0.492 e. The molecular formula is C21H35NO. The number of rotatable bonds is 8. The summed E-state index contributed by atoms with van der Waals surface area (Å²) in [5, 5.41) is 0. The zero-order valence-electron chi connectivity index (χ0n) is 15.6. The maximum atomic E-state index is 5.97. The molecule has 0 radical (unpaired) electrons. The fraction of sp³-hybridized carbons (Fsp3) is 0.714. The van der Waals surface area contributed by atoms with Gasteiger partial charge in [-0.05, 0) is 67.7 Å². The smallest absolute Gasteiger partial charge is 0.119 e. The normalized spacial score (nSPS) is 19.7. The van der Waals surface area contributed by atoms with E-state index in [1.54, 1.807) is 0 Å². The number of ether oxygens (including phenoxy) is 1. The van der Waals surface area contributed by atoms with E-state index in [9.17, 15) is 0 Å². The van der Waals surface area contributed by atoms with E-state index in [0.717, 1.165) is 24.8 Å². The number of nitrogens with zero attached hydrogens (tertiary/aromatic N) is 1. The molecule has 1 aliphatic heterocycles. The summed E-state index contributed by atoms with van der Waals surface area (Å²) in [6.45, 7) is 13.6. The summed E-state index contributed by atoms with van der Waals surface area (Å²) < 4.78 is 5.97. The van der Waals surface area contributed by atoms with Crippen molar-refractivity contribution in [2.75, 3.05) is 26.2 Å². The minimum atomic E-state index is 0.336. The first-order valence-electron chi connectivity index (χ1n) is 9.59. The molecule has 0 bridgehead atoms. The van der Waals surface area contributed by atoms with Gasteiger partial charge in [0, 0.05) is 13.1 Å². The van der Waals surface area contributed by atoms with Gasteiger partial charge in [-0.2, -0.15) is 0 Å². The van der Waals surface area contributed by atoms with Crippen LogP contribution in [0, 0.1) is 5.92 Å². The maximum absolute atomic E-state index is 5.97. The summed E-state index contributed by atoms with van der Waals surface area (Å²) >= 11 is 0. The van der Waals surface area contributed by atoms with Crippen molar-refractivity contribution in [1.82, 2.24) is 4.90 Å². The van der Waals surface area contributed by atoms with Crippen molar-refractivity contribution in [2.45, 2.75) is 65.2 Å². The van der Waals surface area contributed by atoms with Crippen LogP contribution in [0.1, 0.15) is 65.4 Å². The average molecular weight is 318 g/mol. The largest absolute Gasteiger partial charge is 0.492 e.